The SMILES string of the molecule is COCCNCCC(C)(O)CCS(=O)(=O)C(C)(C)C. The molecule has 0 fully saturated rings. The van der Waals surface area contributed by atoms with Gasteiger partial charge in [0.2, 0.25) is 0 Å². The Kier molecular flexibility index (Phi) is 7.50. The Morgan fingerprint density at radius 3 is 2.16 bits per heavy atom. The van der Waals surface area contributed by atoms with Gasteiger partial charge in [-0.1, -0.05) is 0 Å². The summed E-state index contributed by atoms with van der Waals surface area (Å²) in [6.45, 7) is 8.73. The van der Waals surface area contributed by atoms with Crippen LogP contribution >= 0.6 is 0 Å². The number of aliphatic hydroxyl groups is 1. The number of ether oxygens (including phenoxy) is 1. The number of rotatable bonds is 9. The largest absolute Gasteiger partial charge is 0.390 e. The lowest BCUT2D eigenvalue weighted by Crippen LogP contribution is -2.36. The molecule has 19 heavy (non-hydrogen) atoms. The smallest absolute Gasteiger partial charge is 0.155 e. The van der Waals surface area contributed by atoms with E-state index in [2.05, 4.69) is 5.32 Å². The summed E-state index contributed by atoms with van der Waals surface area (Å²) in [5, 5.41) is 13.3. The van der Waals surface area contributed by atoms with E-state index < -0.39 is 20.2 Å². The lowest BCUT2D eigenvalue weighted by Gasteiger charge is -2.26. The molecule has 0 spiro atoms. The Bertz CT molecular complexity index is 344. The first-order chi connectivity index (χ1) is 8.52. The maximum Gasteiger partial charge on any atom is 0.155 e. The standard InChI is InChI=1S/C13H29NO4S/c1-12(2,3)19(16,17)11-7-13(4,15)6-8-14-9-10-18-5/h14-15H,6-11H2,1-5H3. The van der Waals surface area contributed by atoms with Crippen LogP contribution in [0.2, 0.25) is 0 Å². The van der Waals surface area contributed by atoms with Gasteiger partial charge in [0, 0.05) is 13.7 Å². The van der Waals surface area contributed by atoms with Crippen LogP contribution in [-0.2, 0) is 14.6 Å². The van der Waals surface area contributed by atoms with E-state index in [1.54, 1.807) is 34.8 Å². The number of nitrogens with one attached hydrogen (secondary N) is 1. The molecule has 0 heterocycles. The number of sulfone groups is 1. The predicted molar refractivity (Wildman–Crippen MR) is 78.1 cm³/mol. The Morgan fingerprint density at radius 2 is 1.68 bits per heavy atom. The quantitative estimate of drug-likeness (QED) is 0.620. The molecular formula is C13H29NO4S. The van der Waals surface area contributed by atoms with Gasteiger partial charge in [-0.15, -0.1) is 0 Å². The average molecular weight is 295 g/mol. The molecule has 5 nitrogen and oxygen atoms in total. The topological polar surface area (TPSA) is 75.6 Å². The number of hydrogen-bond acceptors (Lipinski definition) is 5. The van der Waals surface area contributed by atoms with Crippen LogP contribution in [0.25, 0.3) is 0 Å². The van der Waals surface area contributed by atoms with Crippen molar-refractivity contribution >= 4 is 9.84 Å². The summed E-state index contributed by atoms with van der Waals surface area (Å²) in [5.74, 6) is 0.0154. The summed E-state index contributed by atoms with van der Waals surface area (Å²) in [5.41, 5.74) is -0.960. The van der Waals surface area contributed by atoms with Crippen LogP contribution in [0.15, 0.2) is 0 Å². The molecule has 0 amide bonds. The Hall–Kier alpha value is -0.170. The average Bonchev–Trinajstić information content (AvgIpc) is 2.25. The van der Waals surface area contributed by atoms with Crippen LogP contribution in [0.4, 0.5) is 0 Å². The summed E-state index contributed by atoms with van der Waals surface area (Å²) in [6.07, 6.45) is 0.787. The molecular weight excluding hydrogens is 266 g/mol. The van der Waals surface area contributed by atoms with E-state index in [0.29, 0.717) is 19.6 Å². The van der Waals surface area contributed by atoms with Crippen molar-refractivity contribution in [2.45, 2.75) is 50.9 Å². The molecule has 1 atom stereocenters. The molecule has 116 valence electrons. The van der Waals surface area contributed by atoms with Crippen LogP contribution in [-0.4, -0.2) is 56.4 Å². The first-order valence-electron chi connectivity index (χ1n) is 6.66. The van der Waals surface area contributed by atoms with Crippen LogP contribution in [0.5, 0.6) is 0 Å². The van der Waals surface area contributed by atoms with Gasteiger partial charge >= 0.3 is 0 Å². The molecule has 0 aromatic rings. The number of hydrogen-bond donors (Lipinski definition) is 2. The minimum absolute atomic E-state index is 0.0154. The van der Waals surface area contributed by atoms with E-state index in [9.17, 15) is 13.5 Å². The molecule has 0 aliphatic carbocycles. The zero-order chi connectivity index (χ0) is 15.2. The van der Waals surface area contributed by atoms with Gasteiger partial charge in [-0.05, 0) is 47.1 Å². The van der Waals surface area contributed by atoms with Crippen LogP contribution in [0.3, 0.4) is 0 Å². The zero-order valence-electron chi connectivity index (χ0n) is 12.8. The summed E-state index contributed by atoms with van der Waals surface area (Å²) < 4.78 is 28.1. The zero-order valence-corrected chi connectivity index (χ0v) is 13.6. The van der Waals surface area contributed by atoms with Crippen LogP contribution in [0.1, 0.15) is 40.5 Å². The fraction of sp³-hybridized carbons (Fsp3) is 1.00. The Morgan fingerprint density at radius 1 is 1.11 bits per heavy atom. The predicted octanol–water partition coefficient (Wildman–Crippen LogP) is 0.967. The van der Waals surface area contributed by atoms with Crippen molar-refractivity contribution in [1.29, 1.82) is 0 Å². The van der Waals surface area contributed by atoms with Gasteiger partial charge in [-0.25, -0.2) is 8.42 Å². The third-order valence-corrected chi connectivity index (χ3v) is 5.77. The van der Waals surface area contributed by atoms with Gasteiger partial charge in [-0.3, -0.25) is 0 Å². The Labute approximate surface area is 117 Å². The third kappa shape index (κ3) is 7.87. The van der Waals surface area contributed by atoms with E-state index >= 15 is 0 Å². The lowest BCUT2D eigenvalue weighted by atomic mass is 9.99. The van der Waals surface area contributed by atoms with E-state index in [4.69, 9.17) is 4.74 Å². The van der Waals surface area contributed by atoms with Gasteiger partial charge < -0.3 is 15.2 Å². The van der Waals surface area contributed by atoms with Crippen molar-refractivity contribution in [2.24, 2.45) is 0 Å². The van der Waals surface area contributed by atoms with Gasteiger partial charge in [0.25, 0.3) is 0 Å². The van der Waals surface area contributed by atoms with E-state index in [0.717, 1.165) is 6.54 Å². The minimum Gasteiger partial charge on any atom is -0.390 e. The second kappa shape index (κ2) is 7.57. The summed E-state index contributed by atoms with van der Waals surface area (Å²) in [4.78, 5) is 0. The van der Waals surface area contributed by atoms with E-state index in [1.165, 1.54) is 0 Å². The van der Waals surface area contributed by atoms with Crippen molar-refractivity contribution in [1.82, 2.24) is 5.32 Å². The molecule has 0 aromatic heterocycles. The molecule has 0 aliphatic heterocycles. The summed E-state index contributed by atoms with van der Waals surface area (Å²) >= 11 is 0. The first kappa shape index (κ1) is 18.8. The molecule has 6 heteroatoms. The fourth-order valence-electron chi connectivity index (χ4n) is 1.44. The maximum atomic E-state index is 12.0. The molecule has 2 N–H and O–H groups in total. The first-order valence-corrected chi connectivity index (χ1v) is 8.31. The monoisotopic (exact) mass is 295 g/mol. The highest BCUT2D eigenvalue weighted by Crippen LogP contribution is 2.21. The van der Waals surface area contributed by atoms with Crippen LogP contribution in [0, 0.1) is 0 Å². The second-order valence-corrected chi connectivity index (χ2v) is 9.03. The number of methoxy groups -OCH3 is 1. The molecule has 0 radical (unpaired) electrons. The van der Waals surface area contributed by atoms with Gasteiger partial charge in [0.05, 0.1) is 22.7 Å². The molecule has 1 unspecified atom stereocenters. The van der Waals surface area contributed by atoms with Gasteiger partial charge in [-0.2, -0.15) is 0 Å². The van der Waals surface area contributed by atoms with E-state index in [-0.39, 0.29) is 12.2 Å². The van der Waals surface area contributed by atoms with Gasteiger partial charge in [0.15, 0.2) is 9.84 Å². The molecule has 0 aromatic carbocycles. The summed E-state index contributed by atoms with van der Waals surface area (Å²) in [6, 6.07) is 0. The normalized spacial score (nSPS) is 16.3. The molecule has 0 saturated heterocycles. The molecule has 0 rings (SSSR count). The molecule has 0 bridgehead atoms. The third-order valence-electron chi connectivity index (χ3n) is 3.17. The van der Waals surface area contributed by atoms with Gasteiger partial charge in [0.1, 0.15) is 0 Å². The van der Waals surface area contributed by atoms with Crippen molar-refractivity contribution in [3.63, 3.8) is 0 Å². The van der Waals surface area contributed by atoms with Crippen molar-refractivity contribution in [2.75, 3.05) is 32.6 Å². The Balaban J connectivity index is 4.10. The highest BCUT2D eigenvalue weighted by atomic mass is 32.2. The highest BCUT2D eigenvalue weighted by Gasteiger charge is 2.31. The van der Waals surface area contributed by atoms with E-state index in [1.807, 2.05) is 0 Å². The molecule has 0 aliphatic rings. The second-order valence-electron chi connectivity index (χ2n) is 6.17. The minimum atomic E-state index is -3.17. The highest BCUT2D eigenvalue weighted by molar-refractivity contribution is 7.92. The van der Waals surface area contributed by atoms with Crippen molar-refractivity contribution in [3.8, 4) is 0 Å². The van der Waals surface area contributed by atoms with Crippen LogP contribution < -0.4 is 5.32 Å². The maximum absolute atomic E-state index is 12.0. The van der Waals surface area contributed by atoms with Crippen molar-refractivity contribution in [3.05, 3.63) is 0 Å². The lowest BCUT2D eigenvalue weighted by molar-refractivity contribution is 0.0474. The molecule has 0 saturated carbocycles. The fourth-order valence-corrected chi connectivity index (χ4v) is 2.76. The summed E-state index contributed by atoms with van der Waals surface area (Å²) in [7, 11) is -1.54. The van der Waals surface area contributed by atoms with Crippen molar-refractivity contribution < 1.29 is 18.3 Å².